The normalized spacial score (nSPS) is 10.4. The topological polar surface area (TPSA) is 110 Å². The van der Waals surface area contributed by atoms with Gasteiger partial charge in [-0.1, -0.05) is 6.07 Å². The Morgan fingerprint density at radius 1 is 1.35 bits per heavy atom. The van der Waals surface area contributed by atoms with Gasteiger partial charge in [0.25, 0.3) is 0 Å². The van der Waals surface area contributed by atoms with Crippen LogP contribution in [0.25, 0.3) is 0 Å². The Morgan fingerprint density at radius 2 is 2.04 bits per heavy atom. The van der Waals surface area contributed by atoms with E-state index >= 15 is 0 Å². The van der Waals surface area contributed by atoms with Crippen molar-refractivity contribution in [2.45, 2.75) is 13.8 Å². The molecule has 0 bridgehead atoms. The minimum absolute atomic E-state index is 0.0741. The molecule has 23 heavy (non-hydrogen) atoms. The maximum absolute atomic E-state index is 13.3. The van der Waals surface area contributed by atoms with E-state index in [2.05, 4.69) is 15.3 Å². The molecule has 2 rings (SSSR count). The number of hydrogen-bond acceptors (Lipinski definition) is 7. The Balaban J connectivity index is 2.51. The molecule has 0 aliphatic heterocycles. The van der Waals surface area contributed by atoms with E-state index in [-0.39, 0.29) is 17.6 Å². The lowest BCUT2D eigenvalue weighted by Gasteiger charge is -2.19. The van der Waals surface area contributed by atoms with Gasteiger partial charge in [0.15, 0.2) is 0 Å². The van der Waals surface area contributed by atoms with E-state index in [4.69, 9.17) is 5.73 Å². The fraction of sp³-hybridized carbons (Fsp3) is 0.286. The van der Waals surface area contributed by atoms with Crippen molar-refractivity contribution in [3.05, 3.63) is 40.2 Å². The van der Waals surface area contributed by atoms with Crippen LogP contribution in [0.5, 0.6) is 0 Å². The number of nitrogen functional groups attached to an aromatic ring is 1. The minimum atomic E-state index is -0.664. The summed E-state index contributed by atoms with van der Waals surface area (Å²) in [6.45, 7) is 5.05. The van der Waals surface area contributed by atoms with Crippen molar-refractivity contribution in [1.29, 1.82) is 0 Å². The van der Waals surface area contributed by atoms with Gasteiger partial charge in [0.2, 0.25) is 17.6 Å². The van der Waals surface area contributed by atoms with E-state index in [0.29, 0.717) is 18.8 Å². The first kappa shape index (κ1) is 16.4. The Kier molecular flexibility index (Phi) is 4.89. The van der Waals surface area contributed by atoms with Gasteiger partial charge < -0.3 is 16.0 Å². The lowest BCUT2D eigenvalue weighted by molar-refractivity contribution is -0.383. The number of nitrogens with two attached hydrogens (primary N) is 1. The van der Waals surface area contributed by atoms with Gasteiger partial charge in [-0.25, -0.2) is 4.39 Å². The molecule has 0 aliphatic rings. The van der Waals surface area contributed by atoms with E-state index in [1.54, 1.807) is 11.0 Å². The maximum Gasteiger partial charge on any atom is 0.353 e. The van der Waals surface area contributed by atoms with Crippen LogP contribution in [0.3, 0.4) is 0 Å². The summed E-state index contributed by atoms with van der Waals surface area (Å²) < 4.78 is 13.3. The van der Waals surface area contributed by atoms with Crippen molar-refractivity contribution in [1.82, 2.24) is 9.97 Å². The molecule has 9 heteroatoms. The van der Waals surface area contributed by atoms with Crippen LogP contribution in [0.4, 0.5) is 33.3 Å². The first-order valence-corrected chi connectivity index (χ1v) is 7.05. The number of nitrogens with one attached hydrogen (secondary N) is 1. The molecule has 0 atom stereocenters. The molecule has 1 heterocycles. The van der Waals surface area contributed by atoms with Crippen LogP contribution in [-0.4, -0.2) is 28.0 Å². The monoisotopic (exact) mass is 320 g/mol. The molecule has 0 saturated carbocycles. The third-order valence-electron chi connectivity index (χ3n) is 3.22. The molecule has 0 fully saturated rings. The molecule has 1 aromatic carbocycles. The molecule has 0 radical (unpaired) electrons. The predicted molar refractivity (Wildman–Crippen MR) is 86.3 cm³/mol. The average molecular weight is 320 g/mol. The van der Waals surface area contributed by atoms with Crippen LogP contribution in [0.15, 0.2) is 24.3 Å². The highest BCUT2D eigenvalue weighted by Crippen LogP contribution is 2.32. The number of benzene rings is 1. The molecule has 8 nitrogen and oxygen atoms in total. The standard InChI is InChI=1S/C14H17FN6O2/c1-3-20(4-2)14-18-12(16)11(21(22)23)13(19-14)17-10-7-5-6-9(15)8-10/h5-8H,3-4H2,1-2H3,(H3,16,17,18,19). The molecule has 2 aromatic rings. The Hall–Kier alpha value is -2.97. The minimum Gasteiger partial charge on any atom is -0.378 e. The fourth-order valence-corrected chi connectivity index (χ4v) is 2.08. The molecule has 0 saturated heterocycles. The summed E-state index contributed by atoms with van der Waals surface area (Å²) in [5, 5.41) is 14.0. The summed E-state index contributed by atoms with van der Waals surface area (Å²) in [6, 6.07) is 5.54. The highest BCUT2D eigenvalue weighted by molar-refractivity contribution is 5.74. The molecular formula is C14H17FN6O2. The molecule has 0 spiro atoms. The quantitative estimate of drug-likeness (QED) is 0.622. The Bertz CT molecular complexity index is 720. The van der Waals surface area contributed by atoms with E-state index in [9.17, 15) is 14.5 Å². The Labute approximate surface area is 132 Å². The SMILES string of the molecule is CCN(CC)c1nc(N)c([N+](=O)[O-])c(Nc2cccc(F)c2)n1. The molecule has 0 unspecified atom stereocenters. The van der Waals surface area contributed by atoms with E-state index in [0.717, 1.165) is 0 Å². The summed E-state index contributed by atoms with van der Waals surface area (Å²) in [5.41, 5.74) is 5.61. The molecule has 0 amide bonds. The molecule has 1 aromatic heterocycles. The number of halogens is 1. The third kappa shape index (κ3) is 3.62. The van der Waals surface area contributed by atoms with Gasteiger partial charge in [0.1, 0.15) is 5.82 Å². The zero-order valence-electron chi connectivity index (χ0n) is 12.8. The van der Waals surface area contributed by atoms with Gasteiger partial charge in [-0.05, 0) is 32.0 Å². The van der Waals surface area contributed by atoms with Crippen LogP contribution < -0.4 is 16.0 Å². The van der Waals surface area contributed by atoms with Crippen molar-refractivity contribution in [2.75, 3.05) is 29.0 Å². The summed E-state index contributed by atoms with van der Waals surface area (Å²) >= 11 is 0. The Morgan fingerprint density at radius 3 is 2.61 bits per heavy atom. The second-order valence-corrected chi connectivity index (χ2v) is 4.67. The van der Waals surface area contributed by atoms with Gasteiger partial charge in [-0.2, -0.15) is 9.97 Å². The summed E-state index contributed by atoms with van der Waals surface area (Å²) in [5.74, 6) is -0.513. The fourth-order valence-electron chi connectivity index (χ4n) is 2.08. The van der Waals surface area contributed by atoms with Crippen molar-refractivity contribution in [3.8, 4) is 0 Å². The third-order valence-corrected chi connectivity index (χ3v) is 3.22. The molecule has 122 valence electrons. The summed E-state index contributed by atoms with van der Waals surface area (Å²) in [7, 11) is 0. The van der Waals surface area contributed by atoms with Gasteiger partial charge in [-0.15, -0.1) is 0 Å². The molecular weight excluding hydrogens is 303 g/mol. The summed E-state index contributed by atoms with van der Waals surface area (Å²) in [4.78, 5) is 20.6. The lowest BCUT2D eigenvalue weighted by atomic mass is 10.3. The van der Waals surface area contributed by atoms with Crippen LogP contribution >= 0.6 is 0 Å². The highest BCUT2D eigenvalue weighted by atomic mass is 19.1. The van der Waals surface area contributed by atoms with Crippen molar-refractivity contribution in [3.63, 3.8) is 0 Å². The van der Waals surface area contributed by atoms with E-state index < -0.39 is 16.4 Å². The number of nitrogens with zero attached hydrogens (tertiary/aromatic N) is 4. The van der Waals surface area contributed by atoms with Gasteiger partial charge in [0, 0.05) is 18.8 Å². The van der Waals surface area contributed by atoms with Crippen LogP contribution in [0, 0.1) is 15.9 Å². The zero-order valence-corrected chi connectivity index (χ0v) is 12.8. The second kappa shape index (κ2) is 6.86. The molecule has 3 N–H and O–H groups in total. The zero-order chi connectivity index (χ0) is 17.0. The van der Waals surface area contributed by atoms with Gasteiger partial charge in [0.05, 0.1) is 4.92 Å². The number of anilines is 4. The number of nitro groups is 1. The largest absolute Gasteiger partial charge is 0.378 e. The van der Waals surface area contributed by atoms with Crippen LogP contribution in [0.2, 0.25) is 0 Å². The average Bonchev–Trinajstić information content (AvgIpc) is 2.47. The number of rotatable bonds is 6. The first-order valence-electron chi connectivity index (χ1n) is 7.05. The van der Waals surface area contributed by atoms with Crippen molar-refractivity contribution < 1.29 is 9.31 Å². The van der Waals surface area contributed by atoms with Crippen LogP contribution in [-0.2, 0) is 0 Å². The van der Waals surface area contributed by atoms with Crippen LogP contribution in [0.1, 0.15) is 13.8 Å². The van der Waals surface area contributed by atoms with Crippen molar-refractivity contribution >= 4 is 29.0 Å². The van der Waals surface area contributed by atoms with Gasteiger partial charge in [-0.3, -0.25) is 10.1 Å². The summed E-state index contributed by atoms with van der Waals surface area (Å²) in [6.07, 6.45) is 0. The second-order valence-electron chi connectivity index (χ2n) is 4.67. The van der Waals surface area contributed by atoms with Gasteiger partial charge >= 0.3 is 5.69 Å². The number of aromatic nitrogens is 2. The van der Waals surface area contributed by atoms with E-state index in [1.165, 1.54) is 18.2 Å². The first-order chi connectivity index (χ1) is 11.0. The van der Waals surface area contributed by atoms with E-state index in [1.807, 2.05) is 13.8 Å². The smallest absolute Gasteiger partial charge is 0.353 e. The maximum atomic E-state index is 13.3. The lowest BCUT2D eigenvalue weighted by Crippen LogP contribution is -2.25. The predicted octanol–water partition coefficient (Wildman–Crippen LogP) is 2.70. The molecule has 0 aliphatic carbocycles. The highest BCUT2D eigenvalue weighted by Gasteiger charge is 2.24. The number of hydrogen-bond donors (Lipinski definition) is 2. The van der Waals surface area contributed by atoms with Crippen molar-refractivity contribution in [2.24, 2.45) is 0 Å².